The minimum absolute atomic E-state index is 0.431. The largest absolute Gasteiger partial charge is 0.383 e. The maximum atomic E-state index is 9.02. The van der Waals surface area contributed by atoms with Crippen molar-refractivity contribution in [3.63, 3.8) is 0 Å². The molecule has 0 bridgehead atoms. The zero-order valence-corrected chi connectivity index (χ0v) is 9.53. The first-order valence-electron chi connectivity index (χ1n) is 5.71. The number of nitrogen functional groups attached to an aromatic ring is 1. The fourth-order valence-electron chi connectivity index (χ4n) is 2.19. The van der Waals surface area contributed by atoms with Crippen LogP contribution in [0.4, 0.5) is 11.6 Å². The Balaban J connectivity index is 2.14. The summed E-state index contributed by atoms with van der Waals surface area (Å²) in [5, 5.41) is 16.6. The van der Waals surface area contributed by atoms with Crippen molar-refractivity contribution in [1.29, 1.82) is 5.26 Å². The molecule has 0 amide bonds. The van der Waals surface area contributed by atoms with E-state index in [9.17, 15) is 0 Å². The molecule has 5 nitrogen and oxygen atoms in total. The van der Waals surface area contributed by atoms with Gasteiger partial charge in [-0.25, -0.2) is 4.68 Å². The highest BCUT2D eigenvalue weighted by Crippen LogP contribution is 2.25. The number of anilines is 2. The molecule has 1 aromatic rings. The number of hydrogen-bond donors (Lipinski definition) is 2. The van der Waals surface area contributed by atoms with Gasteiger partial charge in [-0.1, -0.05) is 19.3 Å². The van der Waals surface area contributed by atoms with Crippen LogP contribution in [0.15, 0.2) is 0 Å². The highest BCUT2D eigenvalue weighted by Gasteiger charge is 2.18. The summed E-state index contributed by atoms with van der Waals surface area (Å²) in [6, 6.07) is 2.54. The van der Waals surface area contributed by atoms with E-state index in [4.69, 9.17) is 11.0 Å². The summed E-state index contributed by atoms with van der Waals surface area (Å²) >= 11 is 0. The van der Waals surface area contributed by atoms with Crippen LogP contribution in [0, 0.1) is 11.3 Å². The Labute approximate surface area is 95.2 Å². The normalized spacial score (nSPS) is 17.0. The van der Waals surface area contributed by atoms with Crippen LogP contribution < -0.4 is 11.1 Å². The zero-order chi connectivity index (χ0) is 11.5. The second-order valence-corrected chi connectivity index (χ2v) is 4.32. The van der Waals surface area contributed by atoms with Crippen LogP contribution in [0.25, 0.3) is 0 Å². The number of aryl methyl sites for hydroxylation is 1. The van der Waals surface area contributed by atoms with E-state index in [1.54, 1.807) is 11.7 Å². The van der Waals surface area contributed by atoms with Crippen LogP contribution in [0.2, 0.25) is 0 Å². The molecule has 0 aromatic carbocycles. The topological polar surface area (TPSA) is 79.7 Å². The van der Waals surface area contributed by atoms with Crippen molar-refractivity contribution in [2.24, 2.45) is 7.05 Å². The lowest BCUT2D eigenvalue weighted by molar-refractivity contribution is 0.461. The minimum Gasteiger partial charge on any atom is -0.383 e. The van der Waals surface area contributed by atoms with E-state index >= 15 is 0 Å². The molecule has 0 aliphatic heterocycles. The highest BCUT2D eigenvalue weighted by molar-refractivity contribution is 5.63. The summed E-state index contributed by atoms with van der Waals surface area (Å²) in [5.74, 6) is 1.07. The second-order valence-electron chi connectivity index (χ2n) is 4.32. The summed E-state index contributed by atoms with van der Waals surface area (Å²) in [6.07, 6.45) is 6.13. The minimum atomic E-state index is 0.431. The van der Waals surface area contributed by atoms with Gasteiger partial charge in [-0.15, -0.1) is 0 Å². The third-order valence-corrected chi connectivity index (χ3v) is 3.15. The van der Waals surface area contributed by atoms with E-state index in [1.165, 1.54) is 19.3 Å². The van der Waals surface area contributed by atoms with Crippen molar-refractivity contribution in [3.8, 4) is 6.07 Å². The predicted octanol–water partition coefficient (Wildman–Crippen LogP) is 1.62. The fraction of sp³-hybridized carbons (Fsp3) is 0.636. The molecule has 1 aliphatic carbocycles. The molecule has 0 atom stereocenters. The lowest BCUT2D eigenvalue weighted by Gasteiger charge is -2.22. The number of hydrogen-bond acceptors (Lipinski definition) is 4. The Kier molecular flexibility index (Phi) is 3.00. The third-order valence-electron chi connectivity index (χ3n) is 3.15. The molecule has 5 heteroatoms. The molecule has 1 fully saturated rings. The molecule has 1 aromatic heterocycles. The van der Waals surface area contributed by atoms with E-state index in [-0.39, 0.29) is 0 Å². The Morgan fingerprint density at radius 2 is 2.12 bits per heavy atom. The molecule has 86 valence electrons. The van der Waals surface area contributed by atoms with E-state index in [2.05, 4.69) is 16.5 Å². The van der Waals surface area contributed by atoms with Crippen LogP contribution in [0.1, 0.15) is 37.7 Å². The zero-order valence-electron chi connectivity index (χ0n) is 9.53. The van der Waals surface area contributed by atoms with Crippen molar-refractivity contribution in [1.82, 2.24) is 9.78 Å². The Bertz CT molecular complexity index is 409. The number of aromatic nitrogens is 2. The van der Waals surface area contributed by atoms with Crippen LogP contribution in [-0.2, 0) is 7.05 Å². The molecular formula is C11H17N5. The molecule has 0 unspecified atom stereocenters. The summed E-state index contributed by atoms with van der Waals surface area (Å²) in [4.78, 5) is 0. The van der Waals surface area contributed by atoms with Gasteiger partial charge in [0.05, 0.1) is 0 Å². The maximum absolute atomic E-state index is 9.02. The van der Waals surface area contributed by atoms with Gasteiger partial charge in [-0.05, 0) is 12.8 Å². The first-order chi connectivity index (χ1) is 7.72. The van der Waals surface area contributed by atoms with Crippen molar-refractivity contribution in [3.05, 3.63) is 5.56 Å². The summed E-state index contributed by atoms with van der Waals surface area (Å²) < 4.78 is 1.55. The Morgan fingerprint density at radius 1 is 1.44 bits per heavy atom. The van der Waals surface area contributed by atoms with Gasteiger partial charge in [0.15, 0.2) is 5.82 Å². The van der Waals surface area contributed by atoms with Gasteiger partial charge >= 0.3 is 0 Å². The standard InChI is InChI=1S/C11H17N5/c1-16-10(13)9(7-12)11(15-16)14-8-5-3-2-4-6-8/h8H,2-6,13H2,1H3,(H,14,15). The molecule has 3 N–H and O–H groups in total. The quantitative estimate of drug-likeness (QED) is 0.792. The highest BCUT2D eigenvalue weighted by atomic mass is 15.3. The van der Waals surface area contributed by atoms with Crippen LogP contribution >= 0.6 is 0 Å². The molecular weight excluding hydrogens is 202 g/mol. The van der Waals surface area contributed by atoms with Gasteiger partial charge in [0.25, 0.3) is 0 Å². The van der Waals surface area contributed by atoms with E-state index in [1.807, 2.05) is 0 Å². The van der Waals surface area contributed by atoms with Gasteiger partial charge in [0, 0.05) is 13.1 Å². The molecule has 1 heterocycles. The summed E-state index contributed by atoms with van der Waals surface area (Å²) in [5.41, 5.74) is 6.22. The Morgan fingerprint density at radius 3 is 2.75 bits per heavy atom. The SMILES string of the molecule is Cn1nc(NC2CCCCC2)c(C#N)c1N. The predicted molar refractivity (Wildman–Crippen MR) is 62.8 cm³/mol. The van der Waals surface area contributed by atoms with Gasteiger partial charge in [0.1, 0.15) is 17.5 Å². The van der Waals surface area contributed by atoms with Gasteiger partial charge in [0.2, 0.25) is 0 Å². The van der Waals surface area contributed by atoms with Gasteiger partial charge in [-0.2, -0.15) is 10.4 Å². The Hall–Kier alpha value is -1.70. The lowest BCUT2D eigenvalue weighted by Crippen LogP contribution is -2.22. The number of nitriles is 1. The number of nitrogens with one attached hydrogen (secondary N) is 1. The van der Waals surface area contributed by atoms with Crippen LogP contribution in [0.5, 0.6) is 0 Å². The third kappa shape index (κ3) is 1.96. The summed E-state index contributed by atoms with van der Waals surface area (Å²) in [7, 11) is 1.75. The molecule has 0 saturated heterocycles. The van der Waals surface area contributed by atoms with E-state index in [0.29, 0.717) is 23.2 Å². The number of nitrogens with zero attached hydrogens (tertiary/aromatic N) is 3. The van der Waals surface area contributed by atoms with Crippen LogP contribution in [0.3, 0.4) is 0 Å². The smallest absolute Gasteiger partial charge is 0.168 e. The van der Waals surface area contributed by atoms with Crippen molar-refractivity contribution >= 4 is 11.6 Å². The van der Waals surface area contributed by atoms with Crippen molar-refractivity contribution in [2.45, 2.75) is 38.1 Å². The maximum Gasteiger partial charge on any atom is 0.168 e. The number of rotatable bonds is 2. The van der Waals surface area contributed by atoms with E-state index in [0.717, 1.165) is 12.8 Å². The van der Waals surface area contributed by atoms with Crippen LogP contribution in [-0.4, -0.2) is 15.8 Å². The number of nitrogens with two attached hydrogens (primary N) is 1. The second kappa shape index (κ2) is 4.44. The fourth-order valence-corrected chi connectivity index (χ4v) is 2.19. The van der Waals surface area contributed by atoms with Crippen molar-refractivity contribution < 1.29 is 0 Å². The first kappa shape index (κ1) is 10.8. The van der Waals surface area contributed by atoms with Gasteiger partial charge in [-0.3, -0.25) is 0 Å². The monoisotopic (exact) mass is 219 g/mol. The van der Waals surface area contributed by atoms with Crippen molar-refractivity contribution in [2.75, 3.05) is 11.1 Å². The average Bonchev–Trinajstić information content (AvgIpc) is 2.56. The van der Waals surface area contributed by atoms with E-state index < -0.39 is 0 Å². The van der Waals surface area contributed by atoms with Gasteiger partial charge < -0.3 is 11.1 Å². The molecule has 0 radical (unpaired) electrons. The first-order valence-corrected chi connectivity index (χ1v) is 5.71. The average molecular weight is 219 g/mol. The molecule has 1 saturated carbocycles. The summed E-state index contributed by atoms with van der Waals surface area (Å²) in [6.45, 7) is 0. The lowest BCUT2D eigenvalue weighted by atomic mass is 9.95. The molecule has 1 aliphatic rings. The molecule has 0 spiro atoms. The molecule has 2 rings (SSSR count). The molecule has 16 heavy (non-hydrogen) atoms.